The fourth-order valence-corrected chi connectivity index (χ4v) is 7.91. The second-order valence-electron chi connectivity index (χ2n) is 14.2. The molecule has 1 aliphatic carbocycles. The number of carbonyl (C=O) groups is 6. The van der Waals surface area contributed by atoms with Crippen LogP contribution in [0.1, 0.15) is 62.4 Å². The maximum atomic E-state index is 13.1. The van der Waals surface area contributed by atoms with Crippen LogP contribution < -0.4 is 25.6 Å². The third kappa shape index (κ3) is 9.05. The van der Waals surface area contributed by atoms with Crippen LogP contribution in [0.25, 0.3) is 11.3 Å². The summed E-state index contributed by atoms with van der Waals surface area (Å²) in [6.07, 6.45) is 3.52. The van der Waals surface area contributed by atoms with Crippen LogP contribution >= 0.6 is 11.3 Å². The number of carbonyl (C=O) groups excluding carboxylic acids is 6. The van der Waals surface area contributed by atoms with Gasteiger partial charge in [-0.05, 0) is 86.2 Å². The van der Waals surface area contributed by atoms with E-state index in [1.54, 1.807) is 18.2 Å². The number of thiazole rings is 1. The van der Waals surface area contributed by atoms with E-state index in [4.69, 9.17) is 14.5 Å². The molecule has 14 nitrogen and oxygen atoms in total. The lowest BCUT2D eigenvalue weighted by molar-refractivity contribution is -0.121. The quantitative estimate of drug-likeness (QED) is 0.0722. The molecule has 0 radical (unpaired) electrons. The molecule has 1 aromatic heterocycles. The number of imide groups is 1. The van der Waals surface area contributed by atoms with E-state index in [0.717, 1.165) is 63.7 Å². The first-order chi connectivity index (χ1) is 27.6. The van der Waals surface area contributed by atoms with Gasteiger partial charge in [-0.2, -0.15) is 0 Å². The van der Waals surface area contributed by atoms with Gasteiger partial charge in [-0.25, -0.2) is 4.98 Å². The number of nitrogens with one attached hydrogen (secondary N) is 3. The summed E-state index contributed by atoms with van der Waals surface area (Å²) >= 11 is 1.43. The van der Waals surface area contributed by atoms with Gasteiger partial charge in [0.1, 0.15) is 18.6 Å². The summed E-state index contributed by atoms with van der Waals surface area (Å²) in [7, 11) is 1.48. The van der Waals surface area contributed by atoms with Crippen LogP contribution in [0.4, 0.5) is 16.5 Å². The van der Waals surface area contributed by atoms with Crippen molar-refractivity contribution in [3.8, 4) is 17.0 Å². The summed E-state index contributed by atoms with van der Waals surface area (Å²) in [6, 6.07) is 17.2. The van der Waals surface area contributed by atoms with Gasteiger partial charge in [0.05, 0.1) is 42.5 Å². The van der Waals surface area contributed by atoms with Crippen molar-refractivity contribution in [1.29, 1.82) is 0 Å². The van der Waals surface area contributed by atoms with Crippen molar-refractivity contribution in [2.45, 2.75) is 51.5 Å². The van der Waals surface area contributed by atoms with Crippen molar-refractivity contribution in [3.63, 3.8) is 0 Å². The summed E-state index contributed by atoms with van der Waals surface area (Å²) < 4.78 is 11.6. The lowest BCUT2D eigenvalue weighted by Crippen LogP contribution is -2.41. The number of aromatic nitrogens is 1. The van der Waals surface area contributed by atoms with E-state index in [1.165, 1.54) is 18.4 Å². The van der Waals surface area contributed by atoms with Gasteiger partial charge in [0, 0.05) is 54.3 Å². The van der Waals surface area contributed by atoms with Crippen LogP contribution in [0, 0.1) is 12.8 Å². The second-order valence-corrected chi connectivity index (χ2v) is 15.4. The lowest BCUT2D eigenvalue weighted by atomic mass is 10.1. The summed E-state index contributed by atoms with van der Waals surface area (Å²) in [5, 5.41) is 9.11. The predicted octanol–water partition coefficient (Wildman–Crippen LogP) is 4.80. The minimum absolute atomic E-state index is 0.00968. The monoisotopic (exact) mass is 792 g/mol. The Hall–Kier alpha value is -5.93. The molecule has 3 N–H and O–H groups in total. The van der Waals surface area contributed by atoms with Gasteiger partial charge in [0.15, 0.2) is 5.13 Å². The van der Waals surface area contributed by atoms with Crippen molar-refractivity contribution in [2.75, 3.05) is 55.5 Å². The third-order valence-electron chi connectivity index (χ3n) is 10.2. The van der Waals surface area contributed by atoms with Crippen LogP contribution in [-0.2, 0) is 36.8 Å². The Morgan fingerprint density at radius 1 is 0.982 bits per heavy atom. The topological polar surface area (TPSA) is 176 Å². The van der Waals surface area contributed by atoms with Crippen molar-refractivity contribution in [3.05, 3.63) is 87.8 Å². The van der Waals surface area contributed by atoms with Gasteiger partial charge in [0.2, 0.25) is 17.7 Å². The van der Waals surface area contributed by atoms with Crippen molar-refractivity contribution in [2.24, 2.45) is 5.92 Å². The molecular weight excluding hydrogens is 749 g/mol. The molecule has 3 aliphatic rings. The number of fused-ring (bicyclic) bond motifs is 2. The Balaban J connectivity index is 0.826. The first kappa shape index (κ1) is 39.3. The molecule has 3 aromatic carbocycles. The Kier molecular flexibility index (Phi) is 12.0. The normalized spacial score (nSPS) is 14.9. The van der Waals surface area contributed by atoms with E-state index in [2.05, 4.69) is 22.0 Å². The fraction of sp³-hybridized carbons (Fsp3) is 0.357. The highest BCUT2D eigenvalue weighted by Gasteiger charge is 2.40. The lowest BCUT2D eigenvalue weighted by Gasteiger charge is -2.20. The maximum Gasteiger partial charge on any atom is 0.262 e. The third-order valence-corrected chi connectivity index (χ3v) is 11.1. The summed E-state index contributed by atoms with van der Waals surface area (Å²) in [4.78, 5) is 83.6. The largest absolute Gasteiger partial charge is 0.491 e. The first-order valence-electron chi connectivity index (χ1n) is 19.1. The Bertz CT molecular complexity index is 2220. The molecule has 1 saturated carbocycles. The van der Waals surface area contributed by atoms with E-state index >= 15 is 0 Å². The van der Waals surface area contributed by atoms with Crippen LogP contribution in [-0.4, -0.2) is 91.7 Å². The number of amides is 5. The highest BCUT2D eigenvalue weighted by molar-refractivity contribution is 7.16. The summed E-state index contributed by atoms with van der Waals surface area (Å²) in [6.45, 7) is 4.08. The predicted molar refractivity (Wildman–Crippen MR) is 215 cm³/mol. The molecule has 5 amide bonds. The van der Waals surface area contributed by atoms with Crippen LogP contribution in [0.2, 0.25) is 0 Å². The van der Waals surface area contributed by atoms with Crippen LogP contribution in [0.15, 0.2) is 60.7 Å². The number of nitrogens with zero attached hydrogens (tertiary/aromatic N) is 3. The average molecular weight is 793 g/mol. The average Bonchev–Trinajstić information content (AvgIpc) is 3.81. The molecule has 57 heavy (non-hydrogen) atoms. The molecule has 0 spiro atoms. The number of ether oxygens (including phenoxy) is 2. The van der Waals surface area contributed by atoms with Crippen LogP contribution in [0.3, 0.4) is 0 Å². The Morgan fingerprint density at radius 2 is 1.81 bits per heavy atom. The number of aryl methyl sites for hydroxylation is 1. The van der Waals surface area contributed by atoms with Crippen molar-refractivity contribution in [1.82, 2.24) is 15.2 Å². The fourth-order valence-electron chi connectivity index (χ4n) is 7.06. The number of rotatable bonds is 18. The second kappa shape index (κ2) is 17.5. The number of hydrogen-bond donors (Lipinski definition) is 3. The number of aldehydes is 1. The number of hydrogen-bond acceptors (Lipinski definition) is 11. The molecule has 1 unspecified atom stereocenters. The summed E-state index contributed by atoms with van der Waals surface area (Å²) in [5.41, 5.74) is 5.75. The molecule has 4 aromatic rings. The minimum atomic E-state index is -1.03. The molecule has 7 rings (SSSR count). The van der Waals surface area contributed by atoms with Crippen molar-refractivity contribution < 1.29 is 38.2 Å². The van der Waals surface area contributed by atoms with Gasteiger partial charge >= 0.3 is 0 Å². The Labute approximate surface area is 333 Å². The van der Waals surface area contributed by atoms with Gasteiger partial charge in [0.25, 0.3) is 11.8 Å². The molecule has 15 heteroatoms. The smallest absolute Gasteiger partial charge is 0.262 e. The molecule has 1 fully saturated rings. The van der Waals surface area contributed by atoms with Gasteiger partial charge in [-0.1, -0.05) is 18.2 Å². The molecule has 0 bridgehead atoms. The van der Waals surface area contributed by atoms with E-state index in [9.17, 15) is 28.8 Å². The molecular formula is C42H44N6O8S. The Morgan fingerprint density at radius 3 is 2.60 bits per heavy atom. The zero-order chi connectivity index (χ0) is 40.1. The molecule has 0 saturated heterocycles. The molecule has 296 valence electrons. The van der Waals surface area contributed by atoms with Crippen molar-refractivity contribution >= 4 is 63.7 Å². The maximum absolute atomic E-state index is 13.1. The molecule has 1 atom stereocenters. The standard InChI is InChI=1S/C42H44N6O8S/c1-25-38(29-8-12-35-28(22-29)14-16-47(35)39(52)27-6-7-27)46-42(57-25)45-37(51)21-26-4-3-5-32(20-26)56-19-18-55-17-15-44-30-9-11-33-34(23-30)41(54)48(40(33)53)31(24-49)10-13-36(50)43-2/h3-5,8-9,11-12,20,22-24,27,31,44H,6-7,10,13-19,21H2,1-2H3,(H,43,50)(H,45,46,51). The zero-order valence-electron chi connectivity index (χ0n) is 31.8. The highest BCUT2D eigenvalue weighted by Crippen LogP contribution is 2.39. The van der Waals surface area contributed by atoms with Crippen LogP contribution in [0.5, 0.6) is 5.75 Å². The van der Waals surface area contributed by atoms with Gasteiger partial charge in [-0.15, -0.1) is 11.3 Å². The van der Waals surface area contributed by atoms with E-state index in [-0.39, 0.29) is 60.6 Å². The van der Waals surface area contributed by atoms with E-state index in [0.29, 0.717) is 42.6 Å². The summed E-state index contributed by atoms with van der Waals surface area (Å²) in [5.74, 6) is -0.575. The van der Waals surface area contributed by atoms with Gasteiger partial charge < -0.3 is 35.1 Å². The number of benzene rings is 3. The first-order valence-corrected chi connectivity index (χ1v) is 19.9. The van der Waals surface area contributed by atoms with Gasteiger partial charge in [-0.3, -0.25) is 28.9 Å². The van der Waals surface area contributed by atoms with E-state index in [1.807, 2.05) is 48.2 Å². The molecule has 2 aliphatic heterocycles. The van der Waals surface area contributed by atoms with E-state index < -0.39 is 17.9 Å². The number of anilines is 3. The SMILES string of the molecule is CNC(=O)CCC(C=O)N1C(=O)c2ccc(NCCOCCOc3cccc(CC(=O)Nc4nc(-c5ccc6c(c5)CCN6C(=O)C5CC5)c(C)s4)c3)cc2C1=O. The molecule has 3 heterocycles. The minimum Gasteiger partial charge on any atom is -0.491 e. The highest BCUT2D eigenvalue weighted by atomic mass is 32.1. The zero-order valence-corrected chi connectivity index (χ0v) is 32.6.